The third-order valence-corrected chi connectivity index (χ3v) is 3.38. The maximum Gasteiger partial charge on any atom is 0.229 e. The van der Waals surface area contributed by atoms with E-state index in [1.54, 1.807) is 12.1 Å². The molecule has 5 heteroatoms. The number of benzene rings is 1. The molecule has 1 aliphatic rings. The molecule has 4 nitrogen and oxygen atoms in total. The molecule has 1 heterocycles. The summed E-state index contributed by atoms with van der Waals surface area (Å²) in [7, 11) is 1.87. The van der Waals surface area contributed by atoms with E-state index in [1.165, 1.54) is 25.0 Å². The molecule has 1 aromatic carbocycles. The average molecular weight is 272 g/mol. The summed E-state index contributed by atoms with van der Waals surface area (Å²) in [5.41, 5.74) is 1.93. The third-order valence-electron chi connectivity index (χ3n) is 3.38. The quantitative estimate of drug-likeness (QED) is 0.908. The van der Waals surface area contributed by atoms with Crippen LogP contribution in [-0.4, -0.2) is 23.1 Å². The van der Waals surface area contributed by atoms with Gasteiger partial charge < -0.3 is 10.2 Å². The van der Waals surface area contributed by atoms with Crippen LogP contribution in [0.3, 0.4) is 0 Å². The van der Waals surface area contributed by atoms with Gasteiger partial charge in [-0.3, -0.25) is 0 Å². The smallest absolute Gasteiger partial charge is 0.229 e. The van der Waals surface area contributed by atoms with Gasteiger partial charge in [0, 0.05) is 43.3 Å². The normalized spacial score (nSPS) is 14.3. The Bertz CT molecular complexity index is 563. The molecule has 0 unspecified atom stereocenters. The Morgan fingerprint density at radius 3 is 2.45 bits per heavy atom. The van der Waals surface area contributed by atoms with Crippen molar-refractivity contribution in [2.45, 2.75) is 25.4 Å². The Labute approximate surface area is 117 Å². The van der Waals surface area contributed by atoms with E-state index < -0.39 is 0 Å². The van der Waals surface area contributed by atoms with Gasteiger partial charge in [0.2, 0.25) is 5.95 Å². The van der Waals surface area contributed by atoms with Gasteiger partial charge in [-0.1, -0.05) is 0 Å². The van der Waals surface area contributed by atoms with E-state index in [2.05, 4.69) is 15.3 Å². The fourth-order valence-electron chi connectivity index (χ4n) is 1.94. The molecule has 1 aliphatic carbocycles. The lowest BCUT2D eigenvalue weighted by Crippen LogP contribution is -2.17. The molecule has 0 atom stereocenters. The fourth-order valence-corrected chi connectivity index (χ4v) is 1.94. The van der Waals surface area contributed by atoms with Gasteiger partial charge in [-0.25, -0.2) is 14.4 Å². The Hall–Kier alpha value is -2.01. The summed E-state index contributed by atoms with van der Waals surface area (Å²) in [4.78, 5) is 10.5. The molecular weight excluding hydrogens is 255 g/mol. The average Bonchev–Trinajstić information content (AvgIpc) is 3.30. The molecule has 3 rings (SSSR count). The van der Waals surface area contributed by atoms with Crippen LogP contribution < -0.4 is 10.2 Å². The topological polar surface area (TPSA) is 41.1 Å². The van der Waals surface area contributed by atoms with Crippen LogP contribution in [0, 0.1) is 5.82 Å². The van der Waals surface area contributed by atoms with E-state index in [-0.39, 0.29) is 5.82 Å². The van der Waals surface area contributed by atoms with Crippen LogP contribution in [0.5, 0.6) is 0 Å². The Kier molecular flexibility index (Phi) is 3.60. The van der Waals surface area contributed by atoms with Crippen LogP contribution in [-0.2, 0) is 6.54 Å². The van der Waals surface area contributed by atoms with E-state index >= 15 is 0 Å². The van der Waals surface area contributed by atoms with Crippen LogP contribution in [0.25, 0.3) is 0 Å². The van der Waals surface area contributed by atoms with Gasteiger partial charge in [-0.2, -0.15) is 0 Å². The summed E-state index contributed by atoms with van der Waals surface area (Å²) in [6.45, 7) is 0.811. The number of halogens is 1. The predicted octanol–water partition coefficient (Wildman–Crippen LogP) is 2.64. The predicted molar refractivity (Wildman–Crippen MR) is 76.4 cm³/mol. The van der Waals surface area contributed by atoms with Crippen molar-refractivity contribution in [1.82, 2.24) is 15.3 Å². The lowest BCUT2D eigenvalue weighted by atomic mass is 10.3. The van der Waals surface area contributed by atoms with Gasteiger partial charge in [-0.15, -0.1) is 0 Å². The number of rotatable bonds is 5. The number of anilines is 2. The molecule has 0 radical (unpaired) electrons. The highest BCUT2D eigenvalue weighted by Gasteiger charge is 2.20. The van der Waals surface area contributed by atoms with E-state index in [4.69, 9.17) is 0 Å². The molecular formula is C15H17FN4. The van der Waals surface area contributed by atoms with Gasteiger partial charge in [-0.05, 0) is 37.1 Å². The van der Waals surface area contributed by atoms with Gasteiger partial charge in [0.05, 0.1) is 0 Å². The molecule has 1 saturated carbocycles. The van der Waals surface area contributed by atoms with E-state index in [9.17, 15) is 4.39 Å². The minimum absolute atomic E-state index is 0.246. The van der Waals surface area contributed by atoms with Gasteiger partial charge in [0.1, 0.15) is 5.82 Å². The van der Waals surface area contributed by atoms with Crippen molar-refractivity contribution in [3.63, 3.8) is 0 Å². The lowest BCUT2D eigenvalue weighted by molar-refractivity contribution is 0.628. The minimum atomic E-state index is -0.246. The highest BCUT2D eigenvalue weighted by molar-refractivity contribution is 5.55. The van der Waals surface area contributed by atoms with Crippen molar-refractivity contribution in [2.75, 3.05) is 11.9 Å². The van der Waals surface area contributed by atoms with Crippen LogP contribution in [0.2, 0.25) is 0 Å². The molecule has 104 valence electrons. The summed E-state index contributed by atoms with van der Waals surface area (Å²) in [5, 5.41) is 3.42. The van der Waals surface area contributed by atoms with E-state index in [0.717, 1.165) is 17.8 Å². The van der Waals surface area contributed by atoms with Crippen molar-refractivity contribution < 1.29 is 4.39 Å². The molecule has 0 spiro atoms. The second kappa shape index (κ2) is 5.54. The maximum atomic E-state index is 12.9. The first-order valence-electron chi connectivity index (χ1n) is 6.76. The summed E-state index contributed by atoms with van der Waals surface area (Å²) in [6.07, 6.45) is 6.20. The fraction of sp³-hybridized carbons (Fsp3) is 0.333. The van der Waals surface area contributed by atoms with Crippen LogP contribution in [0.1, 0.15) is 18.4 Å². The standard InChI is InChI=1S/C15H17FN4/c1-20(14-6-2-12(16)3-7-14)15-18-9-11(10-19-15)8-17-13-4-5-13/h2-3,6-7,9-10,13,17H,4-5,8H2,1H3. The largest absolute Gasteiger partial charge is 0.314 e. The summed E-state index contributed by atoms with van der Waals surface area (Å²) >= 11 is 0. The van der Waals surface area contributed by atoms with Crippen molar-refractivity contribution in [3.8, 4) is 0 Å². The summed E-state index contributed by atoms with van der Waals surface area (Å²) < 4.78 is 12.9. The molecule has 0 amide bonds. The molecule has 1 aromatic heterocycles. The van der Waals surface area contributed by atoms with Crippen LogP contribution in [0.4, 0.5) is 16.0 Å². The molecule has 2 aromatic rings. The maximum absolute atomic E-state index is 12.9. The van der Waals surface area contributed by atoms with Crippen LogP contribution >= 0.6 is 0 Å². The van der Waals surface area contributed by atoms with Crippen LogP contribution in [0.15, 0.2) is 36.7 Å². The van der Waals surface area contributed by atoms with Crippen molar-refractivity contribution in [3.05, 3.63) is 48.0 Å². The molecule has 0 aliphatic heterocycles. The number of hydrogen-bond donors (Lipinski definition) is 1. The molecule has 0 saturated heterocycles. The zero-order valence-corrected chi connectivity index (χ0v) is 11.4. The molecule has 1 fully saturated rings. The Balaban J connectivity index is 1.67. The Morgan fingerprint density at radius 1 is 1.20 bits per heavy atom. The van der Waals surface area contributed by atoms with E-state index in [1.807, 2.05) is 24.3 Å². The van der Waals surface area contributed by atoms with Crippen molar-refractivity contribution in [1.29, 1.82) is 0 Å². The SMILES string of the molecule is CN(c1ccc(F)cc1)c1ncc(CNC2CC2)cn1. The first kappa shape index (κ1) is 13.0. The summed E-state index contributed by atoms with van der Waals surface area (Å²) in [5.74, 6) is 0.358. The number of nitrogens with one attached hydrogen (secondary N) is 1. The third kappa shape index (κ3) is 3.11. The number of aromatic nitrogens is 2. The first-order valence-corrected chi connectivity index (χ1v) is 6.76. The zero-order chi connectivity index (χ0) is 13.9. The second-order valence-corrected chi connectivity index (χ2v) is 5.08. The minimum Gasteiger partial charge on any atom is -0.314 e. The molecule has 1 N–H and O–H groups in total. The zero-order valence-electron chi connectivity index (χ0n) is 11.4. The lowest BCUT2D eigenvalue weighted by Gasteiger charge is -2.17. The number of hydrogen-bond acceptors (Lipinski definition) is 4. The Morgan fingerprint density at radius 2 is 1.85 bits per heavy atom. The summed E-state index contributed by atoms with van der Waals surface area (Å²) in [6, 6.07) is 6.96. The number of nitrogens with zero attached hydrogens (tertiary/aromatic N) is 3. The van der Waals surface area contributed by atoms with Crippen molar-refractivity contribution in [2.24, 2.45) is 0 Å². The highest BCUT2D eigenvalue weighted by atomic mass is 19.1. The van der Waals surface area contributed by atoms with E-state index in [0.29, 0.717) is 12.0 Å². The van der Waals surface area contributed by atoms with Gasteiger partial charge in [0.15, 0.2) is 0 Å². The highest BCUT2D eigenvalue weighted by Crippen LogP contribution is 2.21. The molecule has 0 bridgehead atoms. The molecule has 20 heavy (non-hydrogen) atoms. The first-order chi connectivity index (χ1) is 9.72. The monoisotopic (exact) mass is 272 g/mol. The van der Waals surface area contributed by atoms with Gasteiger partial charge in [0.25, 0.3) is 0 Å². The van der Waals surface area contributed by atoms with Gasteiger partial charge >= 0.3 is 0 Å². The second-order valence-electron chi connectivity index (χ2n) is 5.08. The van der Waals surface area contributed by atoms with Crippen molar-refractivity contribution >= 4 is 11.6 Å².